The minimum atomic E-state index is -0.0751. The highest BCUT2D eigenvalue weighted by Gasteiger charge is 2.24. The van der Waals surface area contributed by atoms with Crippen molar-refractivity contribution in [2.75, 3.05) is 0 Å². The van der Waals surface area contributed by atoms with E-state index in [0.717, 1.165) is 11.1 Å². The van der Waals surface area contributed by atoms with Crippen LogP contribution in [0.1, 0.15) is 28.8 Å². The Bertz CT molecular complexity index is 421. The molecule has 2 aromatic rings. The number of halogens is 2. The van der Waals surface area contributed by atoms with Crippen molar-refractivity contribution < 1.29 is 0 Å². The summed E-state index contributed by atoms with van der Waals surface area (Å²) >= 11 is 13.0. The summed E-state index contributed by atoms with van der Waals surface area (Å²) in [4.78, 5) is 0. The first-order chi connectivity index (χ1) is 8.70. The average molecular weight is 279 g/mol. The van der Waals surface area contributed by atoms with Gasteiger partial charge in [-0.1, -0.05) is 67.6 Å². The van der Waals surface area contributed by atoms with E-state index < -0.39 is 0 Å². The summed E-state index contributed by atoms with van der Waals surface area (Å²) in [5.74, 6) is 0.165. The van der Waals surface area contributed by atoms with Crippen LogP contribution in [0.5, 0.6) is 0 Å². The largest absolute Gasteiger partial charge is 0.117 e. The molecule has 3 atom stereocenters. The lowest BCUT2D eigenvalue weighted by atomic mass is 9.93. The normalized spacial score (nSPS) is 15.9. The van der Waals surface area contributed by atoms with E-state index in [4.69, 9.17) is 23.2 Å². The number of hydrogen-bond donors (Lipinski definition) is 0. The van der Waals surface area contributed by atoms with Crippen LogP contribution in [0.15, 0.2) is 60.7 Å². The third-order valence-corrected chi connectivity index (χ3v) is 4.46. The molecule has 2 heteroatoms. The predicted molar refractivity (Wildman–Crippen MR) is 79.2 cm³/mol. The first-order valence-electron chi connectivity index (χ1n) is 6.08. The maximum Gasteiger partial charge on any atom is 0.0628 e. The maximum atomic E-state index is 6.52. The summed E-state index contributed by atoms with van der Waals surface area (Å²) in [6.07, 6.45) is 0. The van der Waals surface area contributed by atoms with Crippen LogP contribution in [0.2, 0.25) is 0 Å². The minimum Gasteiger partial charge on any atom is -0.117 e. The molecule has 0 nitrogen and oxygen atoms in total. The Morgan fingerprint density at radius 2 is 1.00 bits per heavy atom. The fourth-order valence-corrected chi connectivity index (χ4v) is 2.69. The molecule has 0 aliphatic rings. The summed E-state index contributed by atoms with van der Waals surface area (Å²) in [7, 11) is 0. The highest BCUT2D eigenvalue weighted by molar-refractivity contribution is 6.24. The van der Waals surface area contributed by atoms with Gasteiger partial charge in [0.15, 0.2) is 0 Å². The molecule has 18 heavy (non-hydrogen) atoms. The zero-order chi connectivity index (χ0) is 13.0. The van der Waals surface area contributed by atoms with E-state index in [1.165, 1.54) is 0 Å². The predicted octanol–water partition coefficient (Wildman–Crippen LogP) is 5.58. The van der Waals surface area contributed by atoms with E-state index in [1.54, 1.807) is 0 Å². The van der Waals surface area contributed by atoms with Gasteiger partial charge in [-0.05, 0) is 17.0 Å². The van der Waals surface area contributed by atoms with Crippen molar-refractivity contribution in [2.24, 2.45) is 5.92 Å². The van der Waals surface area contributed by atoms with Crippen molar-refractivity contribution in [3.8, 4) is 0 Å². The topological polar surface area (TPSA) is 0 Å². The molecule has 0 radical (unpaired) electrons. The summed E-state index contributed by atoms with van der Waals surface area (Å²) < 4.78 is 0. The van der Waals surface area contributed by atoms with Crippen molar-refractivity contribution in [1.29, 1.82) is 0 Å². The highest BCUT2D eigenvalue weighted by Crippen LogP contribution is 2.40. The van der Waals surface area contributed by atoms with Crippen LogP contribution in [0.4, 0.5) is 0 Å². The molecule has 2 aromatic carbocycles. The number of alkyl halides is 2. The van der Waals surface area contributed by atoms with Crippen molar-refractivity contribution in [2.45, 2.75) is 17.7 Å². The Kier molecular flexibility index (Phi) is 4.68. The Morgan fingerprint density at radius 1 is 0.667 bits per heavy atom. The smallest absolute Gasteiger partial charge is 0.0628 e. The number of benzene rings is 2. The third kappa shape index (κ3) is 3.07. The molecule has 0 amide bonds. The lowest BCUT2D eigenvalue weighted by molar-refractivity contribution is 0.541. The first kappa shape index (κ1) is 13.5. The summed E-state index contributed by atoms with van der Waals surface area (Å²) in [5.41, 5.74) is 2.24. The van der Waals surface area contributed by atoms with Gasteiger partial charge in [0.1, 0.15) is 0 Å². The number of hydrogen-bond acceptors (Lipinski definition) is 0. The van der Waals surface area contributed by atoms with Crippen LogP contribution >= 0.6 is 23.2 Å². The monoisotopic (exact) mass is 278 g/mol. The van der Waals surface area contributed by atoms with Crippen LogP contribution in [-0.2, 0) is 0 Å². The Balaban J connectivity index is 2.14. The van der Waals surface area contributed by atoms with Gasteiger partial charge in [-0.25, -0.2) is 0 Å². The maximum absolute atomic E-state index is 6.52. The van der Waals surface area contributed by atoms with E-state index in [1.807, 2.05) is 60.7 Å². The van der Waals surface area contributed by atoms with Crippen LogP contribution in [0.3, 0.4) is 0 Å². The Labute approximate surface area is 119 Å². The standard InChI is InChI=1S/C16H16Cl2/c1-12(15(17)13-8-4-2-5-9-13)16(18)14-10-6-3-7-11-14/h2-12,15-16H,1H3/t12?,15-,16?/m1/s1. The molecular weight excluding hydrogens is 263 g/mol. The third-order valence-electron chi connectivity index (χ3n) is 3.16. The zero-order valence-corrected chi connectivity index (χ0v) is 11.8. The highest BCUT2D eigenvalue weighted by atomic mass is 35.5. The van der Waals surface area contributed by atoms with Gasteiger partial charge in [-0.2, -0.15) is 0 Å². The second-order valence-electron chi connectivity index (χ2n) is 4.48. The molecule has 0 fully saturated rings. The van der Waals surface area contributed by atoms with Crippen molar-refractivity contribution in [1.82, 2.24) is 0 Å². The van der Waals surface area contributed by atoms with Crippen molar-refractivity contribution >= 4 is 23.2 Å². The van der Waals surface area contributed by atoms with Gasteiger partial charge in [-0.15, -0.1) is 23.2 Å². The van der Waals surface area contributed by atoms with E-state index in [0.29, 0.717) is 0 Å². The van der Waals surface area contributed by atoms with Crippen LogP contribution in [0.25, 0.3) is 0 Å². The first-order valence-corrected chi connectivity index (χ1v) is 6.95. The van der Waals surface area contributed by atoms with Gasteiger partial charge in [0, 0.05) is 0 Å². The van der Waals surface area contributed by atoms with E-state index >= 15 is 0 Å². The van der Waals surface area contributed by atoms with Gasteiger partial charge in [0.25, 0.3) is 0 Å². The summed E-state index contributed by atoms with van der Waals surface area (Å²) in [5, 5.41) is -0.150. The molecule has 0 N–H and O–H groups in total. The average Bonchev–Trinajstić information content (AvgIpc) is 2.47. The Hall–Kier alpha value is -0.980. The molecular formula is C16H16Cl2. The van der Waals surface area contributed by atoms with Crippen LogP contribution < -0.4 is 0 Å². The van der Waals surface area contributed by atoms with Crippen molar-refractivity contribution in [3.63, 3.8) is 0 Å². The fourth-order valence-electron chi connectivity index (χ4n) is 2.03. The molecule has 0 saturated heterocycles. The quantitative estimate of drug-likeness (QED) is 0.640. The molecule has 0 saturated carbocycles. The summed E-state index contributed by atoms with van der Waals surface area (Å²) in [6, 6.07) is 20.2. The molecule has 2 unspecified atom stereocenters. The van der Waals surface area contributed by atoms with E-state index in [-0.39, 0.29) is 16.7 Å². The molecule has 0 bridgehead atoms. The molecule has 0 aliphatic carbocycles. The van der Waals surface area contributed by atoms with Gasteiger partial charge >= 0.3 is 0 Å². The van der Waals surface area contributed by atoms with Gasteiger partial charge in [-0.3, -0.25) is 0 Å². The van der Waals surface area contributed by atoms with Gasteiger partial charge in [0.05, 0.1) is 10.8 Å². The van der Waals surface area contributed by atoms with Crippen LogP contribution in [0, 0.1) is 5.92 Å². The lowest BCUT2D eigenvalue weighted by Crippen LogP contribution is -2.10. The van der Waals surface area contributed by atoms with Gasteiger partial charge < -0.3 is 0 Å². The second-order valence-corrected chi connectivity index (χ2v) is 5.42. The molecule has 0 heterocycles. The molecule has 0 aromatic heterocycles. The van der Waals surface area contributed by atoms with E-state index in [2.05, 4.69) is 6.92 Å². The zero-order valence-electron chi connectivity index (χ0n) is 10.3. The fraction of sp³-hybridized carbons (Fsp3) is 0.250. The van der Waals surface area contributed by atoms with Crippen molar-refractivity contribution in [3.05, 3.63) is 71.8 Å². The molecule has 2 rings (SSSR count). The second kappa shape index (κ2) is 6.26. The van der Waals surface area contributed by atoms with Gasteiger partial charge in [0.2, 0.25) is 0 Å². The SMILES string of the molecule is CC(C(Cl)c1ccccc1)[C@@H](Cl)c1ccccc1. The van der Waals surface area contributed by atoms with Crippen LogP contribution in [-0.4, -0.2) is 0 Å². The number of rotatable bonds is 4. The minimum absolute atomic E-state index is 0.0751. The lowest BCUT2D eigenvalue weighted by Gasteiger charge is -2.23. The summed E-state index contributed by atoms with van der Waals surface area (Å²) in [6.45, 7) is 2.09. The van der Waals surface area contributed by atoms with E-state index in [9.17, 15) is 0 Å². The molecule has 0 spiro atoms. The molecule has 94 valence electrons. The Morgan fingerprint density at radius 3 is 1.33 bits per heavy atom. The molecule has 0 aliphatic heterocycles.